The number of carbonyl (C=O) groups is 1. The first kappa shape index (κ1) is 28.1. The van der Waals surface area contributed by atoms with Gasteiger partial charge in [-0.25, -0.2) is 0 Å². The Balaban J connectivity index is 0.00000512. The second kappa shape index (κ2) is 12.4. The molecule has 2 aromatic carbocycles. The van der Waals surface area contributed by atoms with Crippen LogP contribution in [0.15, 0.2) is 66.7 Å². The molecule has 0 spiro atoms. The monoisotopic (exact) mass is 453 g/mol. The summed E-state index contributed by atoms with van der Waals surface area (Å²) >= 11 is 0. The molecule has 0 aliphatic carbocycles. The summed E-state index contributed by atoms with van der Waals surface area (Å²) in [7, 11) is -2.74. The number of ether oxygens (including phenoxy) is 1. The van der Waals surface area contributed by atoms with Crippen LogP contribution < -0.4 is 29.2 Å². The average molecular weight is 454 g/mol. The van der Waals surface area contributed by atoms with Gasteiger partial charge in [0.25, 0.3) is 8.32 Å². The van der Waals surface area contributed by atoms with Gasteiger partial charge in [-0.3, -0.25) is 0 Å². The number of halogens is 2. The van der Waals surface area contributed by atoms with Crippen molar-refractivity contribution < 1.29 is 41.6 Å². The van der Waals surface area contributed by atoms with E-state index < -0.39 is 20.5 Å². The Bertz CT molecular complexity index is 830. The fourth-order valence-electron chi connectivity index (χ4n) is 3.76. The Morgan fingerprint density at radius 2 is 1.47 bits per heavy atom. The normalized spacial score (nSPS) is 11.5. The maximum absolute atomic E-state index is 12.3. The molecular formula is C24H30F2LiNO3Si. The van der Waals surface area contributed by atoms with E-state index in [1.807, 2.05) is 36.4 Å². The number of amides is 1. The first-order valence-corrected chi connectivity index (χ1v) is 12.2. The van der Waals surface area contributed by atoms with E-state index in [1.54, 1.807) is 13.8 Å². The van der Waals surface area contributed by atoms with E-state index in [0.29, 0.717) is 0 Å². The van der Waals surface area contributed by atoms with Crippen molar-refractivity contribution in [2.75, 3.05) is 13.2 Å². The van der Waals surface area contributed by atoms with E-state index >= 15 is 0 Å². The summed E-state index contributed by atoms with van der Waals surface area (Å²) in [5, 5.41) is 2.05. The minimum Gasteiger partial charge on any atom is -0.597 e. The third-order valence-electron chi connectivity index (χ3n) is 5.14. The maximum Gasteiger partial charge on any atom is 1.00 e. The summed E-state index contributed by atoms with van der Waals surface area (Å²) < 4.78 is 35.7. The Hall–Kier alpha value is -1.92. The summed E-state index contributed by atoms with van der Waals surface area (Å²) in [6, 6.07) is 20.0. The van der Waals surface area contributed by atoms with Crippen LogP contribution in [0.5, 0.6) is 0 Å². The topological polar surface area (TPSA) is 38.8 Å². The third-order valence-corrected chi connectivity index (χ3v) is 10.2. The van der Waals surface area contributed by atoms with Gasteiger partial charge in [0, 0.05) is 12.6 Å². The van der Waals surface area contributed by atoms with Crippen LogP contribution in [-0.2, 0) is 9.16 Å². The molecule has 0 fully saturated rings. The summed E-state index contributed by atoms with van der Waals surface area (Å²) in [6.07, 6.45) is -1.74. The van der Waals surface area contributed by atoms with Crippen molar-refractivity contribution in [3.05, 3.63) is 73.0 Å². The number of nitrogens with zero attached hydrogens (tertiary/aromatic N) is 1. The molecule has 8 heteroatoms. The molecule has 2 rings (SSSR count). The van der Waals surface area contributed by atoms with E-state index in [4.69, 9.17) is 4.43 Å². The molecular weight excluding hydrogens is 423 g/mol. The van der Waals surface area contributed by atoms with Gasteiger partial charge in [-0.05, 0) is 35.5 Å². The predicted molar refractivity (Wildman–Crippen MR) is 121 cm³/mol. The van der Waals surface area contributed by atoms with Crippen molar-refractivity contribution in [1.82, 2.24) is 4.90 Å². The average Bonchev–Trinajstić information content (AvgIpc) is 2.72. The molecule has 0 aliphatic rings. The van der Waals surface area contributed by atoms with Crippen molar-refractivity contribution >= 4 is 24.8 Å². The largest absolute Gasteiger partial charge is 1.00 e. The van der Waals surface area contributed by atoms with Crippen LogP contribution in [0.2, 0.25) is 5.04 Å². The van der Waals surface area contributed by atoms with Gasteiger partial charge in [0.2, 0.25) is 12.2 Å². The van der Waals surface area contributed by atoms with Gasteiger partial charge in [-0.2, -0.15) is 8.78 Å². The number of carbonyl (C=O) groups excluding carboxylic acids is 1. The molecule has 0 aliphatic heterocycles. The second-order valence-corrected chi connectivity index (χ2v) is 12.8. The molecule has 0 heterocycles. The minimum atomic E-state index is -2.74. The van der Waals surface area contributed by atoms with Crippen LogP contribution in [0.25, 0.3) is 0 Å². The van der Waals surface area contributed by atoms with Gasteiger partial charge in [-0.15, -0.1) is 0 Å². The zero-order chi connectivity index (χ0) is 23.1. The first-order valence-electron chi connectivity index (χ1n) is 10.3. The number of hydrogen-bond donors (Lipinski definition) is 0. The van der Waals surface area contributed by atoms with Gasteiger partial charge in [0.15, 0.2) is 0 Å². The van der Waals surface area contributed by atoms with Crippen molar-refractivity contribution in [1.29, 1.82) is 0 Å². The van der Waals surface area contributed by atoms with E-state index in [1.165, 1.54) is 11.2 Å². The fourth-order valence-corrected chi connectivity index (χ4v) is 8.31. The number of hydrogen-bond acceptors (Lipinski definition) is 3. The summed E-state index contributed by atoms with van der Waals surface area (Å²) in [4.78, 5) is 13.6. The Morgan fingerprint density at radius 1 is 1.00 bits per heavy atom. The Kier molecular flexibility index (Phi) is 10.9. The van der Waals surface area contributed by atoms with Crippen molar-refractivity contribution in [3.63, 3.8) is 0 Å². The van der Waals surface area contributed by atoms with Crippen LogP contribution in [0.4, 0.5) is 13.6 Å². The molecule has 0 unspecified atom stereocenters. The van der Waals surface area contributed by atoms with Crippen molar-refractivity contribution in [2.45, 2.75) is 45.7 Å². The van der Waals surface area contributed by atoms with Crippen LogP contribution >= 0.6 is 0 Å². The SMILES string of the molecule is CC(C)N(CCO[Si](c1ccccc1)(c1ccccc1)C(C)(C)C)C(=O)O[C-]=C(F)F.[Li+]. The zero-order valence-electron chi connectivity index (χ0n) is 19.7. The second-order valence-electron chi connectivity index (χ2n) is 8.53. The Morgan fingerprint density at radius 3 is 1.84 bits per heavy atom. The molecule has 2 aromatic rings. The van der Waals surface area contributed by atoms with E-state index in [0.717, 1.165) is 10.4 Å². The summed E-state index contributed by atoms with van der Waals surface area (Å²) in [5.41, 5.74) is 0. The summed E-state index contributed by atoms with van der Waals surface area (Å²) in [6.45, 7) is 10.5. The molecule has 0 N–H and O–H groups in total. The molecule has 4 nitrogen and oxygen atoms in total. The summed E-state index contributed by atoms with van der Waals surface area (Å²) in [5.74, 6) is 0. The third kappa shape index (κ3) is 6.79. The molecule has 0 saturated carbocycles. The molecule has 1 amide bonds. The minimum absolute atomic E-state index is 0. The van der Waals surface area contributed by atoms with Crippen LogP contribution in [-0.4, -0.2) is 38.5 Å². The molecule has 32 heavy (non-hydrogen) atoms. The zero-order valence-corrected chi connectivity index (χ0v) is 20.7. The van der Waals surface area contributed by atoms with Gasteiger partial charge in [0.05, 0.1) is 6.61 Å². The Labute approximate surface area is 202 Å². The van der Waals surface area contributed by atoms with Crippen LogP contribution in [0.1, 0.15) is 34.6 Å². The number of rotatable bonds is 8. The quantitative estimate of drug-likeness (QED) is 0.349. The van der Waals surface area contributed by atoms with E-state index in [-0.39, 0.29) is 43.1 Å². The maximum atomic E-state index is 12.3. The van der Waals surface area contributed by atoms with Gasteiger partial charge < -0.3 is 18.9 Å². The molecule has 0 radical (unpaired) electrons. The molecule has 0 atom stereocenters. The smallest absolute Gasteiger partial charge is 0.597 e. The standard InChI is InChI=1S/C24H30F2NO3Si.Li/c1-19(2)27(23(28)29-18-22(25)26)16-17-30-31(24(3,4)5,20-12-8-6-9-13-20)21-14-10-7-11-15-21;/h6-15,19H,16-17H2,1-5H3;/q-1;+1. The van der Waals surface area contributed by atoms with Gasteiger partial charge >= 0.3 is 18.9 Å². The fraction of sp³-hybridized carbons (Fsp3) is 0.375. The molecule has 0 aromatic heterocycles. The number of benzene rings is 2. The van der Waals surface area contributed by atoms with Crippen molar-refractivity contribution in [3.8, 4) is 0 Å². The first-order chi connectivity index (χ1) is 14.6. The molecule has 0 bridgehead atoms. The van der Waals surface area contributed by atoms with Crippen molar-refractivity contribution in [2.24, 2.45) is 0 Å². The van der Waals surface area contributed by atoms with Gasteiger partial charge in [-0.1, -0.05) is 81.4 Å². The van der Waals surface area contributed by atoms with E-state index in [9.17, 15) is 13.6 Å². The van der Waals surface area contributed by atoms with Gasteiger partial charge in [0.1, 0.15) is 0 Å². The molecule has 0 saturated heterocycles. The van der Waals surface area contributed by atoms with Crippen LogP contribution in [0.3, 0.4) is 0 Å². The van der Waals surface area contributed by atoms with E-state index in [2.05, 4.69) is 49.8 Å². The van der Waals surface area contributed by atoms with Crippen LogP contribution in [0, 0.1) is 6.26 Å². The molecule has 168 valence electrons. The predicted octanol–water partition coefficient (Wildman–Crippen LogP) is 1.96.